The van der Waals surface area contributed by atoms with Gasteiger partial charge in [0.1, 0.15) is 5.82 Å². The van der Waals surface area contributed by atoms with Gasteiger partial charge in [-0.15, -0.1) is 0 Å². The minimum absolute atomic E-state index is 0.201. The summed E-state index contributed by atoms with van der Waals surface area (Å²) in [6.07, 6.45) is 0. The highest BCUT2D eigenvalue weighted by atomic mass is 79.9. The highest BCUT2D eigenvalue weighted by molar-refractivity contribution is 9.10. The molecule has 17 heavy (non-hydrogen) atoms. The van der Waals surface area contributed by atoms with Gasteiger partial charge >= 0.3 is 5.97 Å². The van der Waals surface area contributed by atoms with Gasteiger partial charge in [0.15, 0.2) is 0 Å². The molecule has 0 atom stereocenters. The van der Waals surface area contributed by atoms with Crippen LogP contribution in [-0.2, 0) is 9.53 Å². The molecule has 0 aliphatic carbocycles. The molecule has 0 amide bonds. The summed E-state index contributed by atoms with van der Waals surface area (Å²) in [5.41, 5.74) is -0.986. The summed E-state index contributed by atoms with van der Waals surface area (Å²) in [7, 11) is 1.07. The van der Waals surface area contributed by atoms with Gasteiger partial charge in [0.2, 0.25) is 11.5 Å². The zero-order valence-corrected chi connectivity index (χ0v) is 10.3. The predicted octanol–water partition coefficient (Wildman–Crippen LogP) is 1.26. The Morgan fingerprint density at radius 2 is 2.12 bits per heavy atom. The van der Waals surface area contributed by atoms with Crippen LogP contribution in [0.4, 0.5) is 4.39 Å². The van der Waals surface area contributed by atoms with E-state index < -0.39 is 23.3 Å². The lowest BCUT2D eigenvalue weighted by molar-refractivity contribution is -0.132. The average molecular weight is 303 g/mol. The quantitative estimate of drug-likeness (QED) is 0.228. The number of rotatable bonds is 3. The van der Waals surface area contributed by atoms with Gasteiger partial charge in [0.25, 0.3) is 0 Å². The highest BCUT2D eigenvalue weighted by Gasteiger charge is 2.26. The molecule has 5 nitrogen and oxygen atoms in total. The highest BCUT2D eigenvalue weighted by Crippen LogP contribution is 2.20. The predicted molar refractivity (Wildman–Crippen MR) is 62.1 cm³/mol. The Bertz CT molecular complexity index is 482. The molecule has 0 unspecified atom stereocenters. The second kappa shape index (κ2) is 5.53. The number of methoxy groups -OCH3 is 1. The Labute approximate surface area is 105 Å². The van der Waals surface area contributed by atoms with Gasteiger partial charge in [-0.3, -0.25) is 4.79 Å². The molecular weight excluding hydrogens is 295 g/mol. The van der Waals surface area contributed by atoms with Crippen LogP contribution in [-0.4, -0.2) is 24.6 Å². The summed E-state index contributed by atoms with van der Waals surface area (Å²) in [5, 5.41) is 3.02. The van der Waals surface area contributed by atoms with E-state index in [1.54, 1.807) is 0 Å². The van der Waals surface area contributed by atoms with Crippen LogP contribution in [0.1, 0.15) is 10.4 Å². The molecule has 2 N–H and O–H groups in total. The lowest BCUT2D eigenvalue weighted by Crippen LogP contribution is -2.28. The molecule has 0 heterocycles. The number of esters is 1. The second-order valence-corrected chi connectivity index (χ2v) is 3.75. The lowest BCUT2D eigenvalue weighted by atomic mass is 10.1. The summed E-state index contributed by atoms with van der Waals surface area (Å²) >= 11 is 3.01. The van der Waals surface area contributed by atoms with E-state index in [1.165, 1.54) is 12.1 Å². The largest absolute Gasteiger partial charge is 0.464 e. The van der Waals surface area contributed by atoms with Gasteiger partial charge < -0.3 is 10.6 Å². The topological polar surface area (TPSA) is 81.8 Å². The van der Waals surface area contributed by atoms with Crippen LogP contribution in [0.15, 0.2) is 27.8 Å². The minimum Gasteiger partial charge on any atom is -0.464 e. The third kappa shape index (κ3) is 2.68. The number of hydrogen-bond acceptors (Lipinski definition) is 5. The molecule has 0 spiro atoms. The smallest absolute Gasteiger partial charge is 0.362 e. The van der Waals surface area contributed by atoms with Crippen LogP contribution >= 0.6 is 15.9 Å². The van der Waals surface area contributed by atoms with Crippen molar-refractivity contribution in [2.75, 3.05) is 7.11 Å². The SMILES string of the molecule is COC(=O)/C(=N\N)C(=O)c1c(F)cccc1Br. The van der Waals surface area contributed by atoms with Crippen molar-refractivity contribution < 1.29 is 18.7 Å². The molecule has 7 heteroatoms. The van der Waals surface area contributed by atoms with Crippen molar-refractivity contribution in [3.05, 3.63) is 34.1 Å². The van der Waals surface area contributed by atoms with Crippen LogP contribution < -0.4 is 5.84 Å². The second-order valence-electron chi connectivity index (χ2n) is 2.90. The van der Waals surface area contributed by atoms with Crippen LogP contribution in [0.25, 0.3) is 0 Å². The fourth-order valence-electron chi connectivity index (χ4n) is 1.13. The first-order valence-corrected chi connectivity index (χ1v) is 5.17. The van der Waals surface area contributed by atoms with Crippen LogP contribution in [0, 0.1) is 5.82 Å². The van der Waals surface area contributed by atoms with E-state index in [0.717, 1.165) is 13.2 Å². The lowest BCUT2D eigenvalue weighted by Gasteiger charge is -2.05. The van der Waals surface area contributed by atoms with Gasteiger partial charge in [-0.05, 0) is 28.1 Å². The monoisotopic (exact) mass is 302 g/mol. The first-order chi connectivity index (χ1) is 8.02. The van der Waals surface area contributed by atoms with Gasteiger partial charge in [-0.2, -0.15) is 5.10 Å². The molecule has 0 radical (unpaired) electrons. The molecule has 90 valence electrons. The standard InChI is InChI=1S/C10H8BrFN2O3/c1-17-10(16)8(14-13)9(15)7-5(11)3-2-4-6(7)12/h2-4H,13H2,1H3/b14-8-. The van der Waals surface area contributed by atoms with Crippen molar-refractivity contribution in [3.8, 4) is 0 Å². The zero-order chi connectivity index (χ0) is 13.0. The molecule has 0 saturated carbocycles. The van der Waals surface area contributed by atoms with E-state index in [1.807, 2.05) is 0 Å². The number of hydrogen-bond donors (Lipinski definition) is 1. The molecule has 1 rings (SSSR count). The fourth-order valence-corrected chi connectivity index (χ4v) is 1.66. The Morgan fingerprint density at radius 3 is 2.59 bits per heavy atom. The van der Waals surface area contributed by atoms with Gasteiger partial charge in [-0.25, -0.2) is 9.18 Å². The number of nitrogens with zero attached hydrogens (tertiary/aromatic N) is 1. The van der Waals surface area contributed by atoms with Crippen molar-refractivity contribution in [3.63, 3.8) is 0 Å². The molecule has 1 aromatic rings. The summed E-state index contributed by atoms with van der Waals surface area (Å²) in [5.74, 6) is 2.17. The van der Waals surface area contributed by atoms with Gasteiger partial charge in [0, 0.05) is 4.47 Å². The maximum atomic E-state index is 13.5. The number of nitrogens with two attached hydrogens (primary N) is 1. The van der Waals surface area contributed by atoms with E-state index in [-0.39, 0.29) is 10.0 Å². The van der Waals surface area contributed by atoms with E-state index >= 15 is 0 Å². The first-order valence-electron chi connectivity index (χ1n) is 4.37. The Hall–Kier alpha value is -1.76. The van der Waals surface area contributed by atoms with Crippen LogP contribution in [0.3, 0.4) is 0 Å². The Morgan fingerprint density at radius 1 is 1.47 bits per heavy atom. The third-order valence-corrected chi connectivity index (χ3v) is 2.57. The fraction of sp³-hybridized carbons (Fsp3) is 0.100. The molecule has 0 fully saturated rings. The number of benzene rings is 1. The molecular formula is C10H8BrFN2O3. The molecule has 0 aliphatic rings. The molecule has 0 saturated heterocycles. The molecule has 1 aromatic carbocycles. The van der Waals surface area contributed by atoms with Crippen molar-refractivity contribution in [1.29, 1.82) is 0 Å². The Kier molecular flexibility index (Phi) is 4.33. The number of carbonyl (C=O) groups excluding carboxylic acids is 2. The maximum absolute atomic E-state index is 13.5. The van der Waals surface area contributed by atoms with Crippen LogP contribution in [0.2, 0.25) is 0 Å². The van der Waals surface area contributed by atoms with Crippen molar-refractivity contribution in [2.45, 2.75) is 0 Å². The summed E-state index contributed by atoms with van der Waals surface area (Å²) in [4.78, 5) is 23.0. The molecule has 0 bridgehead atoms. The minimum atomic E-state index is -1.02. The van der Waals surface area contributed by atoms with Crippen molar-refractivity contribution in [1.82, 2.24) is 0 Å². The van der Waals surface area contributed by atoms with E-state index in [0.29, 0.717) is 0 Å². The number of ketones is 1. The van der Waals surface area contributed by atoms with Crippen LogP contribution in [0.5, 0.6) is 0 Å². The Balaban J connectivity index is 3.25. The normalized spacial score (nSPS) is 11.1. The summed E-state index contributed by atoms with van der Waals surface area (Å²) in [6.45, 7) is 0. The maximum Gasteiger partial charge on any atom is 0.362 e. The van der Waals surface area contributed by atoms with Crippen molar-refractivity contribution in [2.24, 2.45) is 10.9 Å². The van der Waals surface area contributed by atoms with Gasteiger partial charge in [0.05, 0.1) is 12.7 Å². The number of hydrazone groups is 1. The number of carbonyl (C=O) groups is 2. The number of ether oxygens (including phenoxy) is 1. The number of Topliss-reactive ketones (excluding diaryl/α,β-unsaturated/α-hetero) is 1. The molecule has 0 aromatic heterocycles. The van der Waals surface area contributed by atoms with E-state index in [2.05, 4.69) is 25.8 Å². The first kappa shape index (κ1) is 13.3. The molecule has 0 aliphatic heterocycles. The number of halogens is 2. The van der Waals surface area contributed by atoms with Gasteiger partial charge in [-0.1, -0.05) is 6.07 Å². The summed E-state index contributed by atoms with van der Waals surface area (Å²) in [6, 6.07) is 3.96. The third-order valence-electron chi connectivity index (χ3n) is 1.91. The zero-order valence-electron chi connectivity index (χ0n) is 8.74. The van der Waals surface area contributed by atoms with E-state index in [4.69, 9.17) is 5.84 Å². The average Bonchev–Trinajstić information content (AvgIpc) is 2.29. The summed E-state index contributed by atoms with van der Waals surface area (Å²) < 4.78 is 18.0. The van der Waals surface area contributed by atoms with Crippen molar-refractivity contribution >= 4 is 33.4 Å². The van der Waals surface area contributed by atoms with E-state index in [9.17, 15) is 14.0 Å².